The fourth-order valence-corrected chi connectivity index (χ4v) is 3.15. The van der Waals surface area contributed by atoms with Crippen LogP contribution in [-0.4, -0.2) is 59.4 Å². The minimum atomic E-state index is -0.551. The second-order valence-electron chi connectivity index (χ2n) is 6.73. The molecule has 0 spiro atoms. The van der Waals surface area contributed by atoms with Gasteiger partial charge in [0.05, 0.1) is 0 Å². The summed E-state index contributed by atoms with van der Waals surface area (Å²) in [4.78, 5) is 28.3. The smallest absolute Gasteiger partial charge is 0.311 e. The van der Waals surface area contributed by atoms with Crippen LogP contribution in [0.1, 0.15) is 11.1 Å². The van der Waals surface area contributed by atoms with Crippen LogP contribution in [0.25, 0.3) is 0 Å². The summed E-state index contributed by atoms with van der Waals surface area (Å²) in [6.45, 7) is 3.92. The first-order chi connectivity index (χ1) is 13.1. The summed E-state index contributed by atoms with van der Waals surface area (Å²) in [6, 6.07) is 17.1. The van der Waals surface area contributed by atoms with E-state index in [0.717, 1.165) is 25.2 Å². The quantitative estimate of drug-likeness (QED) is 0.784. The Morgan fingerprint density at radius 1 is 0.889 bits per heavy atom. The van der Waals surface area contributed by atoms with E-state index in [-0.39, 0.29) is 5.75 Å². The van der Waals surface area contributed by atoms with Crippen molar-refractivity contribution in [3.63, 3.8) is 0 Å². The zero-order valence-corrected chi connectivity index (χ0v) is 15.3. The number of amides is 2. The lowest BCUT2D eigenvalue weighted by Gasteiger charge is -2.34. The van der Waals surface area contributed by atoms with Crippen LogP contribution in [0.15, 0.2) is 54.6 Å². The normalized spacial score (nSPS) is 14.7. The van der Waals surface area contributed by atoms with Crippen molar-refractivity contribution in [2.45, 2.75) is 13.0 Å². The molecule has 27 heavy (non-hydrogen) atoms. The van der Waals surface area contributed by atoms with Gasteiger partial charge in [-0.2, -0.15) is 0 Å². The molecule has 2 N–H and O–H groups in total. The molecule has 2 amide bonds. The van der Waals surface area contributed by atoms with Gasteiger partial charge in [-0.15, -0.1) is 0 Å². The number of phenols is 1. The Kier molecular flexibility index (Phi) is 6.44. The first kappa shape index (κ1) is 18.9. The zero-order chi connectivity index (χ0) is 19.1. The average molecular weight is 367 g/mol. The van der Waals surface area contributed by atoms with Crippen LogP contribution in [0, 0.1) is 0 Å². The molecule has 6 heteroatoms. The van der Waals surface area contributed by atoms with Crippen molar-refractivity contribution in [2.24, 2.45) is 0 Å². The van der Waals surface area contributed by atoms with E-state index in [0.29, 0.717) is 26.1 Å². The highest BCUT2D eigenvalue weighted by atomic mass is 16.3. The topological polar surface area (TPSA) is 72.9 Å². The molecule has 1 aliphatic rings. The molecule has 142 valence electrons. The number of rotatable bonds is 5. The molecule has 0 bridgehead atoms. The Morgan fingerprint density at radius 3 is 2.22 bits per heavy atom. The molecule has 0 radical (unpaired) electrons. The first-order valence-corrected chi connectivity index (χ1v) is 9.23. The largest absolute Gasteiger partial charge is 0.508 e. The number of nitrogens with zero attached hydrogens (tertiary/aromatic N) is 2. The molecule has 3 rings (SSSR count). The van der Waals surface area contributed by atoms with E-state index in [1.165, 1.54) is 5.56 Å². The third kappa shape index (κ3) is 5.56. The Labute approximate surface area is 159 Å². The number of aromatic hydroxyl groups is 1. The van der Waals surface area contributed by atoms with E-state index < -0.39 is 11.8 Å². The Bertz CT molecular complexity index is 754. The van der Waals surface area contributed by atoms with Gasteiger partial charge in [0.25, 0.3) is 0 Å². The molecule has 1 fully saturated rings. The SMILES string of the molecule is O=C(NCCc1ccc(O)cc1)C(=O)N1CCN(Cc2ccccc2)CC1. The van der Waals surface area contributed by atoms with E-state index in [1.807, 2.05) is 18.2 Å². The van der Waals surface area contributed by atoms with E-state index in [1.54, 1.807) is 29.2 Å². The Balaban J connectivity index is 1.39. The van der Waals surface area contributed by atoms with Crippen molar-refractivity contribution < 1.29 is 14.7 Å². The predicted molar refractivity (Wildman–Crippen MR) is 103 cm³/mol. The van der Waals surface area contributed by atoms with Crippen molar-refractivity contribution >= 4 is 11.8 Å². The summed E-state index contributed by atoms with van der Waals surface area (Å²) in [7, 11) is 0. The molecule has 1 heterocycles. The number of piperazine rings is 1. The lowest BCUT2D eigenvalue weighted by Crippen LogP contribution is -2.52. The van der Waals surface area contributed by atoms with E-state index in [4.69, 9.17) is 0 Å². The monoisotopic (exact) mass is 367 g/mol. The van der Waals surface area contributed by atoms with Gasteiger partial charge in [-0.25, -0.2) is 0 Å². The summed E-state index contributed by atoms with van der Waals surface area (Å²) >= 11 is 0. The highest BCUT2D eigenvalue weighted by molar-refractivity contribution is 6.35. The van der Waals surface area contributed by atoms with Crippen LogP contribution < -0.4 is 5.32 Å². The highest BCUT2D eigenvalue weighted by Gasteiger charge is 2.25. The fourth-order valence-electron chi connectivity index (χ4n) is 3.15. The van der Waals surface area contributed by atoms with Gasteiger partial charge < -0.3 is 15.3 Å². The van der Waals surface area contributed by atoms with E-state index in [9.17, 15) is 14.7 Å². The number of carbonyl (C=O) groups excluding carboxylic acids is 2. The minimum Gasteiger partial charge on any atom is -0.508 e. The van der Waals surface area contributed by atoms with Crippen molar-refractivity contribution in [2.75, 3.05) is 32.7 Å². The van der Waals surface area contributed by atoms with Crippen molar-refractivity contribution in [3.05, 3.63) is 65.7 Å². The maximum Gasteiger partial charge on any atom is 0.311 e. The molecule has 2 aromatic carbocycles. The van der Waals surface area contributed by atoms with E-state index in [2.05, 4.69) is 22.3 Å². The van der Waals surface area contributed by atoms with Gasteiger partial charge in [0.1, 0.15) is 5.75 Å². The van der Waals surface area contributed by atoms with Gasteiger partial charge in [0.15, 0.2) is 0 Å². The van der Waals surface area contributed by atoms with Crippen LogP contribution in [0.3, 0.4) is 0 Å². The molecular formula is C21H25N3O3. The van der Waals surface area contributed by atoms with Crippen LogP contribution in [0.2, 0.25) is 0 Å². The average Bonchev–Trinajstić information content (AvgIpc) is 2.70. The molecule has 0 atom stereocenters. The number of hydrogen-bond acceptors (Lipinski definition) is 4. The van der Waals surface area contributed by atoms with Crippen molar-refractivity contribution in [1.29, 1.82) is 0 Å². The molecule has 0 aromatic heterocycles. The van der Waals surface area contributed by atoms with Crippen molar-refractivity contribution in [1.82, 2.24) is 15.1 Å². The standard InChI is InChI=1S/C21H25N3O3/c25-19-8-6-17(7-9-19)10-11-22-20(26)21(27)24-14-12-23(13-15-24)16-18-4-2-1-3-5-18/h1-9,25H,10-16H2,(H,22,26). The molecule has 1 aliphatic heterocycles. The Hall–Kier alpha value is -2.86. The number of carbonyl (C=O) groups is 2. The van der Waals surface area contributed by atoms with Gasteiger partial charge in [-0.1, -0.05) is 42.5 Å². The molecule has 2 aromatic rings. The maximum atomic E-state index is 12.3. The van der Waals surface area contributed by atoms with Crippen LogP contribution in [0.5, 0.6) is 5.75 Å². The lowest BCUT2D eigenvalue weighted by molar-refractivity contribution is -0.147. The van der Waals surface area contributed by atoms with E-state index >= 15 is 0 Å². The summed E-state index contributed by atoms with van der Waals surface area (Å²) < 4.78 is 0. The Morgan fingerprint density at radius 2 is 1.56 bits per heavy atom. The van der Waals surface area contributed by atoms with Crippen molar-refractivity contribution in [3.8, 4) is 5.75 Å². The summed E-state index contributed by atoms with van der Waals surface area (Å²) in [5.74, 6) is -0.797. The number of hydrogen-bond donors (Lipinski definition) is 2. The van der Waals surface area contributed by atoms with Gasteiger partial charge in [-0.3, -0.25) is 14.5 Å². The molecule has 0 saturated carbocycles. The van der Waals surface area contributed by atoms with Crippen LogP contribution in [0.4, 0.5) is 0 Å². The molecule has 6 nitrogen and oxygen atoms in total. The molecule has 1 saturated heterocycles. The second-order valence-corrected chi connectivity index (χ2v) is 6.73. The van der Waals surface area contributed by atoms with Crippen LogP contribution in [-0.2, 0) is 22.6 Å². The second kappa shape index (κ2) is 9.19. The van der Waals surface area contributed by atoms with Gasteiger partial charge in [-0.05, 0) is 29.7 Å². The van der Waals surface area contributed by atoms with Gasteiger partial charge >= 0.3 is 11.8 Å². The summed E-state index contributed by atoms with van der Waals surface area (Å²) in [6.07, 6.45) is 0.615. The molecule has 0 aliphatic carbocycles. The maximum absolute atomic E-state index is 12.3. The highest BCUT2D eigenvalue weighted by Crippen LogP contribution is 2.10. The van der Waals surface area contributed by atoms with Gasteiger partial charge in [0, 0.05) is 39.3 Å². The summed E-state index contributed by atoms with van der Waals surface area (Å²) in [5, 5.41) is 12.0. The van der Waals surface area contributed by atoms with Gasteiger partial charge in [0.2, 0.25) is 0 Å². The number of nitrogens with one attached hydrogen (secondary N) is 1. The first-order valence-electron chi connectivity index (χ1n) is 9.23. The third-order valence-electron chi connectivity index (χ3n) is 4.74. The zero-order valence-electron chi connectivity index (χ0n) is 15.3. The molecule has 0 unspecified atom stereocenters. The third-order valence-corrected chi connectivity index (χ3v) is 4.74. The number of phenolic OH excluding ortho intramolecular Hbond substituents is 1. The lowest BCUT2D eigenvalue weighted by atomic mass is 10.1. The number of benzene rings is 2. The predicted octanol–water partition coefficient (Wildman–Crippen LogP) is 1.40. The molecular weight excluding hydrogens is 342 g/mol. The van der Waals surface area contributed by atoms with Crippen LogP contribution >= 0.6 is 0 Å². The minimum absolute atomic E-state index is 0.212. The fraction of sp³-hybridized carbons (Fsp3) is 0.333. The summed E-state index contributed by atoms with van der Waals surface area (Å²) in [5.41, 5.74) is 2.25.